The van der Waals surface area contributed by atoms with Gasteiger partial charge in [0, 0.05) is 21.2 Å². The van der Waals surface area contributed by atoms with Gasteiger partial charge in [0.15, 0.2) is 0 Å². The second-order valence-electron chi connectivity index (χ2n) is 6.27. The molecule has 0 unspecified atom stereocenters. The maximum absolute atomic E-state index is 12.8. The maximum atomic E-state index is 12.8. The molecule has 0 heterocycles. The molecule has 2 amide bonds. The van der Waals surface area contributed by atoms with E-state index in [0.29, 0.717) is 21.2 Å². The van der Waals surface area contributed by atoms with Gasteiger partial charge < -0.3 is 0 Å². The van der Waals surface area contributed by atoms with E-state index in [1.165, 1.54) is 5.01 Å². The third-order valence-corrected chi connectivity index (χ3v) is 3.75. The highest BCUT2D eigenvalue weighted by molar-refractivity contribution is 6.31. The zero-order chi connectivity index (χ0) is 17.9. The van der Waals surface area contributed by atoms with Gasteiger partial charge in [0.1, 0.15) is 0 Å². The highest BCUT2D eigenvalue weighted by Gasteiger charge is 2.29. The molecule has 0 atom stereocenters. The van der Waals surface area contributed by atoms with Gasteiger partial charge in [-0.15, -0.1) is 0 Å². The van der Waals surface area contributed by atoms with Crippen LogP contribution in [0.4, 0.5) is 0 Å². The third-order valence-electron chi connectivity index (χ3n) is 3.27. The first-order valence-corrected chi connectivity index (χ1v) is 8.11. The normalized spacial score (nSPS) is 11.0. The topological polar surface area (TPSA) is 49.4 Å². The van der Waals surface area contributed by atoms with Crippen LogP contribution in [0, 0.1) is 0 Å². The molecule has 2 rings (SSSR count). The molecule has 0 aliphatic heterocycles. The molecule has 1 N–H and O–H groups in total. The van der Waals surface area contributed by atoms with E-state index in [1.54, 1.807) is 48.5 Å². The van der Waals surface area contributed by atoms with Crippen LogP contribution in [0.3, 0.4) is 0 Å². The summed E-state index contributed by atoms with van der Waals surface area (Å²) in [5.74, 6) is -0.732. The number of carbonyl (C=O) groups excluding carboxylic acids is 2. The van der Waals surface area contributed by atoms with Crippen LogP contribution in [0.25, 0.3) is 0 Å². The molecule has 0 fully saturated rings. The number of halogens is 2. The number of benzene rings is 2. The minimum atomic E-state index is -0.620. The zero-order valence-electron chi connectivity index (χ0n) is 13.6. The van der Waals surface area contributed by atoms with Crippen molar-refractivity contribution in [3.8, 4) is 0 Å². The summed E-state index contributed by atoms with van der Waals surface area (Å²) in [6.45, 7) is 5.50. The Morgan fingerprint density at radius 3 is 2.08 bits per heavy atom. The van der Waals surface area contributed by atoms with Crippen molar-refractivity contribution in [1.82, 2.24) is 10.4 Å². The van der Waals surface area contributed by atoms with Crippen LogP contribution in [0.1, 0.15) is 41.5 Å². The monoisotopic (exact) mass is 364 g/mol. The first kappa shape index (κ1) is 18.3. The lowest BCUT2D eigenvalue weighted by atomic mass is 10.1. The van der Waals surface area contributed by atoms with Gasteiger partial charge in [-0.05, 0) is 63.2 Å². The first-order valence-electron chi connectivity index (χ1n) is 7.35. The molecule has 0 saturated heterocycles. The minimum absolute atomic E-state index is 0.324. The largest absolute Gasteiger partial charge is 0.272 e. The van der Waals surface area contributed by atoms with Crippen LogP contribution in [0.15, 0.2) is 48.5 Å². The van der Waals surface area contributed by atoms with Crippen molar-refractivity contribution in [2.24, 2.45) is 0 Å². The van der Waals surface area contributed by atoms with Crippen LogP contribution in [0.2, 0.25) is 10.0 Å². The van der Waals surface area contributed by atoms with E-state index in [1.807, 2.05) is 20.8 Å². The summed E-state index contributed by atoms with van der Waals surface area (Å²) >= 11 is 11.8. The minimum Gasteiger partial charge on any atom is -0.267 e. The Labute approximate surface area is 151 Å². The Morgan fingerprint density at radius 2 is 1.54 bits per heavy atom. The van der Waals surface area contributed by atoms with Crippen LogP contribution in [-0.4, -0.2) is 22.4 Å². The summed E-state index contributed by atoms with van der Waals surface area (Å²) in [6.07, 6.45) is 0. The van der Waals surface area contributed by atoms with Crippen molar-refractivity contribution >= 4 is 35.0 Å². The molecular weight excluding hydrogens is 347 g/mol. The van der Waals surface area contributed by atoms with Crippen molar-refractivity contribution in [3.63, 3.8) is 0 Å². The van der Waals surface area contributed by atoms with Crippen molar-refractivity contribution in [3.05, 3.63) is 69.7 Å². The van der Waals surface area contributed by atoms with E-state index in [0.717, 1.165) is 0 Å². The molecule has 0 bridgehead atoms. The van der Waals surface area contributed by atoms with E-state index in [-0.39, 0.29) is 5.91 Å². The molecular formula is C18H18Cl2N2O2. The molecule has 24 heavy (non-hydrogen) atoms. The molecule has 0 radical (unpaired) electrons. The Bertz CT molecular complexity index is 752. The van der Waals surface area contributed by atoms with Crippen molar-refractivity contribution in [2.75, 3.05) is 0 Å². The maximum Gasteiger partial charge on any atom is 0.272 e. The van der Waals surface area contributed by atoms with E-state index in [2.05, 4.69) is 5.43 Å². The van der Waals surface area contributed by atoms with Gasteiger partial charge in [-0.25, -0.2) is 5.01 Å². The molecule has 0 aromatic heterocycles. The number of rotatable bonds is 2. The Morgan fingerprint density at radius 1 is 0.917 bits per heavy atom. The van der Waals surface area contributed by atoms with Gasteiger partial charge in [0.25, 0.3) is 11.8 Å². The number of nitrogens with zero attached hydrogens (tertiary/aromatic N) is 1. The number of carbonyl (C=O) groups is 2. The van der Waals surface area contributed by atoms with E-state index < -0.39 is 11.4 Å². The predicted molar refractivity (Wildman–Crippen MR) is 96.3 cm³/mol. The molecule has 0 aliphatic carbocycles. The number of hydrogen-bond acceptors (Lipinski definition) is 2. The number of nitrogens with one attached hydrogen (secondary N) is 1. The lowest BCUT2D eigenvalue weighted by Gasteiger charge is -2.35. The predicted octanol–water partition coefficient (Wildman–Crippen LogP) is 4.58. The second-order valence-corrected chi connectivity index (χ2v) is 7.14. The Balaban J connectivity index is 2.27. The zero-order valence-corrected chi connectivity index (χ0v) is 15.2. The number of amides is 2. The molecule has 0 spiro atoms. The highest BCUT2D eigenvalue weighted by atomic mass is 35.5. The summed E-state index contributed by atoms with van der Waals surface area (Å²) < 4.78 is 0. The van der Waals surface area contributed by atoms with Gasteiger partial charge in [-0.2, -0.15) is 0 Å². The van der Waals surface area contributed by atoms with Crippen molar-refractivity contribution < 1.29 is 9.59 Å². The SMILES string of the molecule is CC(C)(C)N(NC(=O)c1cccc(Cl)c1)C(=O)c1ccc(Cl)cc1. The molecule has 6 heteroatoms. The smallest absolute Gasteiger partial charge is 0.267 e. The fourth-order valence-corrected chi connectivity index (χ4v) is 2.36. The molecule has 2 aromatic carbocycles. The van der Waals surface area contributed by atoms with Crippen LogP contribution in [-0.2, 0) is 0 Å². The lowest BCUT2D eigenvalue weighted by Crippen LogP contribution is -2.55. The molecule has 4 nitrogen and oxygen atoms in total. The van der Waals surface area contributed by atoms with E-state index in [4.69, 9.17) is 23.2 Å². The third kappa shape index (κ3) is 4.49. The number of hydrogen-bond donors (Lipinski definition) is 1. The second kappa shape index (κ2) is 7.24. The molecule has 0 saturated carbocycles. The summed E-state index contributed by atoms with van der Waals surface area (Å²) in [7, 11) is 0. The van der Waals surface area contributed by atoms with Gasteiger partial charge in [0.05, 0.1) is 5.54 Å². The standard InChI is InChI=1S/C18H18Cl2N2O2/c1-18(2,3)22(17(24)12-7-9-14(19)10-8-12)21-16(23)13-5-4-6-15(20)11-13/h4-11H,1-3H3,(H,21,23). The summed E-state index contributed by atoms with van der Waals surface area (Å²) in [4.78, 5) is 25.2. The molecule has 0 aliphatic rings. The fraction of sp³-hybridized carbons (Fsp3) is 0.222. The van der Waals surface area contributed by atoms with Gasteiger partial charge in [-0.1, -0.05) is 29.3 Å². The van der Waals surface area contributed by atoms with E-state index in [9.17, 15) is 9.59 Å². The molecule has 126 valence electrons. The van der Waals surface area contributed by atoms with E-state index >= 15 is 0 Å². The number of hydrazine groups is 1. The van der Waals surface area contributed by atoms with Gasteiger partial charge in [0.2, 0.25) is 0 Å². The molecule has 2 aromatic rings. The highest BCUT2D eigenvalue weighted by Crippen LogP contribution is 2.18. The van der Waals surface area contributed by atoms with Gasteiger partial charge in [-0.3, -0.25) is 15.0 Å². The summed E-state index contributed by atoms with van der Waals surface area (Å²) in [5.41, 5.74) is 2.85. The van der Waals surface area contributed by atoms with Crippen molar-refractivity contribution in [2.45, 2.75) is 26.3 Å². The van der Waals surface area contributed by atoms with Crippen LogP contribution < -0.4 is 5.43 Å². The average molecular weight is 365 g/mol. The quantitative estimate of drug-likeness (QED) is 0.792. The van der Waals surface area contributed by atoms with Crippen LogP contribution in [0.5, 0.6) is 0 Å². The fourth-order valence-electron chi connectivity index (χ4n) is 2.04. The lowest BCUT2D eigenvalue weighted by molar-refractivity contribution is 0.0358. The Kier molecular flexibility index (Phi) is 5.52. The summed E-state index contributed by atoms with van der Waals surface area (Å²) in [6, 6.07) is 13.0. The first-order chi connectivity index (χ1) is 11.2. The van der Waals surface area contributed by atoms with Crippen molar-refractivity contribution in [1.29, 1.82) is 0 Å². The summed E-state index contributed by atoms with van der Waals surface area (Å²) in [5, 5.41) is 2.30. The van der Waals surface area contributed by atoms with Crippen LogP contribution >= 0.6 is 23.2 Å². The average Bonchev–Trinajstić information content (AvgIpc) is 2.51. The Hall–Kier alpha value is -2.04. The van der Waals surface area contributed by atoms with Gasteiger partial charge >= 0.3 is 0 Å².